The van der Waals surface area contributed by atoms with Crippen molar-refractivity contribution < 1.29 is 5.11 Å². The van der Waals surface area contributed by atoms with Crippen LogP contribution in [0.3, 0.4) is 0 Å². The van der Waals surface area contributed by atoms with E-state index in [4.69, 9.17) is 0 Å². The van der Waals surface area contributed by atoms with Gasteiger partial charge in [0.1, 0.15) is 0 Å². The fourth-order valence-electron chi connectivity index (χ4n) is 2.77. The van der Waals surface area contributed by atoms with Gasteiger partial charge in [0.15, 0.2) is 0 Å². The molecule has 0 bridgehead atoms. The Hall–Kier alpha value is -0.930. The van der Waals surface area contributed by atoms with Gasteiger partial charge in [0.25, 0.3) is 0 Å². The highest BCUT2D eigenvalue weighted by atomic mass is 16.3. The summed E-state index contributed by atoms with van der Waals surface area (Å²) in [6.45, 7) is 1.80. The molecule has 0 amide bonds. The lowest BCUT2D eigenvalue weighted by atomic mass is 10.0. The van der Waals surface area contributed by atoms with Gasteiger partial charge in [0, 0.05) is 25.5 Å². The fraction of sp³-hybridized carbons (Fsp3) is 0.667. The smallest absolute Gasteiger partial charge is 0.0695 e. The number of pyridine rings is 1. The normalized spacial score (nSPS) is 18.4. The van der Waals surface area contributed by atoms with Crippen molar-refractivity contribution in [1.29, 1.82) is 0 Å². The topological polar surface area (TPSA) is 36.4 Å². The van der Waals surface area contributed by atoms with Crippen LogP contribution >= 0.6 is 0 Å². The molecular formula is C15H24N2O. The summed E-state index contributed by atoms with van der Waals surface area (Å²) in [7, 11) is 2.10. The van der Waals surface area contributed by atoms with Crippen molar-refractivity contribution in [2.75, 3.05) is 20.1 Å². The number of rotatable bonds is 6. The molecule has 0 saturated heterocycles. The van der Waals surface area contributed by atoms with Gasteiger partial charge in [0.05, 0.1) is 6.10 Å². The standard InChI is InChI=1S/C15H24N2O/c1-17(11-8-13-6-9-16-10-7-13)12-15(18)14-4-2-3-5-14/h6-7,9-10,14-15,18H,2-5,8,11-12H2,1H3. The van der Waals surface area contributed by atoms with Crippen LogP contribution in [0.1, 0.15) is 31.2 Å². The predicted octanol–water partition coefficient (Wildman–Crippen LogP) is 2.11. The van der Waals surface area contributed by atoms with E-state index in [1.165, 1.54) is 31.2 Å². The quantitative estimate of drug-likeness (QED) is 0.837. The minimum atomic E-state index is -0.144. The van der Waals surface area contributed by atoms with Crippen molar-refractivity contribution in [3.8, 4) is 0 Å². The Kier molecular flexibility index (Phi) is 5.14. The molecule has 2 rings (SSSR count). The van der Waals surface area contributed by atoms with Crippen LogP contribution in [-0.4, -0.2) is 41.2 Å². The number of nitrogens with zero attached hydrogens (tertiary/aromatic N) is 2. The molecule has 1 saturated carbocycles. The van der Waals surface area contributed by atoms with Crippen LogP contribution in [0.15, 0.2) is 24.5 Å². The van der Waals surface area contributed by atoms with Crippen LogP contribution in [0.25, 0.3) is 0 Å². The minimum Gasteiger partial charge on any atom is -0.392 e. The Morgan fingerprint density at radius 2 is 2.00 bits per heavy atom. The zero-order valence-corrected chi connectivity index (χ0v) is 11.3. The maximum Gasteiger partial charge on any atom is 0.0695 e. The molecular weight excluding hydrogens is 224 g/mol. The van der Waals surface area contributed by atoms with Gasteiger partial charge >= 0.3 is 0 Å². The van der Waals surface area contributed by atoms with Gasteiger partial charge in [-0.25, -0.2) is 0 Å². The number of likely N-dealkylation sites (N-methyl/N-ethyl adjacent to an activating group) is 1. The summed E-state index contributed by atoms with van der Waals surface area (Å²) in [5.41, 5.74) is 1.31. The third-order valence-corrected chi connectivity index (χ3v) is 3.97. The molecule has 100 valence electrons. The van der Waals surface area contributed by atoms with E-state index in [1.54, 1.807) is 0 Å². The molecule has 1 heterocycles. The molecule has 1 unspecified atom stereocenters. The summed E-state index contributed by atoms with van der Waals surface area (Å²) in [6, 6.07) is 4.11. The first-order valence-electron chi connectivity index (χ1n) is 7.01. The molecule has 0 radical (unpaired) electrons. The van der Waals surface area contributed by atoms with Gasteiger partial charge in [-0.15, -0.1) is 0 Å². The van der Waals surface area contributed by atoms with Crippen molar-refractivity contribution in [2.24, 2.45) is 5.92 Å². The van der Waals surface area contributed by atoms with Crippen molar-refractivity contribution in [3.05, 3.63) is 30.1 Å². The summed E-state index contributed by atoms with van der Waals surface area (Å²) in [5.74, 6) is 0.536. The molecule has 1 aromatic heterocycles. The summed E-state index contributed by atoms with van der Waals surface area (Å²) < 4.78 is 0. The van der Waals surface area contributed by atoms with E-state index in [9.17, 15) is 5.11 Å². The first-order chi connectivity index (χ1) is 8.75. The number of aromatic nitrogens is 1. The first kappa shape index (κ1) is 13.5. The van der Waals surface area contributed by atoms with Crippen LogP contribution in [0.5, 0.6) is 0 Å². The number of aliphatic hydroxyl groups is 1. The molecule has 3 heteroatoms. The Morgan fingerprint density at radius 3 is 2.67 bits per heavy atom. The van der Waals surface area contributed by atoms with E-state index in [0.29, 0.717) is 5.92 Å². The van der Waals surface area contributed by atoms with Gasteiger partial charge in [-0.2, -0.15) is 0 Å². The maximum atomic E-state index is 10.2. The molecule has 0 aliphatic heterocycles. The first-order valence-corrected chi connectivity index (χ1v) is 7.01. The Balaban J connectivity index is 1.70. The molecule has 1 N–H and O–H groups in total. The lowest BCUT2D eigenvalue weighted by molar-refractivity contribution is 0.0750. The average Bonchev–Trinajstić information content (AvgIpc) is 2.91. The second-order valence-corrected chi connectivity index (χ2v) is 5.48. The summed E-state index contributed by atoms with van der Waals surface area (Å²) in [5, 5.41) is 10.2. The van der Waals surface area contributed by atoms with Crippen LogP contribution in [0.4, 0.5) is 0 Å². The molecule has 1 aromatic rings. The summed E-state index contributed by atoms with van der Waals surface area (Å²) in [4.78, 5) is 6.26. The molecule has 18 heavy (non-hydrogen) atoms. The highest BCUT2D eigenvalue weighted by molar-refractivity contribution is 5.09. The highest BCUT2D eigenvalue weighted by Crippen LogP contribution is 2.27. The summed E-state index contributed by atoms with van der Waals surface area (Å²) in [6.07, 6.45) is 9.56. The maximum absolute atomic E-state index is 10.2. The van der Waals surface area contributed by atoms with E-state index >= 15 is 0 Å². The molecule has 0 aromatic carbocycles. The largest absolute Gasteiger partial charge is 0.392 e. The van der Waals surface area contributed by atoms with E-state index in [0.717, 1.165) is 19.5 Å². The third-order valence-electron chi connectivity index (χ3n) is 3.97. The molecule has 1 atom stereocenters. The lowest BCUT2D eigenvalue weighted by Gasteiger charge is -2.24. The Bertz CT molecular complexity index is 336. The fourth-order valence-corrected chi connectivity index (χ4v) is 2.77. The van der Waals surface area contributed by atoms with Crippen molar-refractivity contribution in [3.63, 3.8) is 0 Å². The van der Waals surface area contributed by atoms with Crippen molar-refractivity contribution in [2.45, 2.75) is 38.2 Å². The van der Waals surface area contributed by atoms with E-state index in [1.807, 2.05) is 12.4 Å². The van der Waals surface area contributed by atoms with Gasteiger partial charge in [-0.05, 0) is 49.9 Å². The molecule has 3 nitrogen and oxygen atoms in total. The average molecular weight is 248 g/mol. The van der Waals surface area contributed by atoms with E-state index in [-0.39, 0.29) is 6.10 Å². The monoisotopic (exact) mass is 248 g/mol. The third kappa shape index (κ3) is 4.07. The predicted molar refractivity (Wildman–Crippen MR) is 73.4 cm³/mol. The molecule has 1 aliphatic carbocycles. The SMILES string of the molecule is CN(CCc1ccncc1)CC(O)C1CCCC1. The zero-order chi connectivity index (χ0) is 12.8. The van der Waals surface area contributed by atoms with Crippen LogP contribution in [0, 0.1) is 5.92 Å². The van der Waals surface area contributed by atoms with Gasteiger partial charge in [-0.1, -0.05) is 12.8 Å². The lowest BCUT2D eigenvalue weighted by Crippen LogP contribution is -2.34. The zero-order valence-electron chi connectivity index (χ0n) is 11.3. The second-order valence-electron chi connectivity index (χ2n) is 5.48. The number of hydrogen-bond donors (Lipinski definition) is 1. The van der Waals surface area contributed by atoms with Gasteiger partial charge < -0.3 is 10.0 Å². The van der Waals surface area contributed by atoms with Crippen molar-refractivity contribution in [1.82, 2.24) is 9.88 Å². The molecule has 0 spiro atoms. The van der Waals surface area contributed by atoms with Crippen molar-refractivity contribution >= 4 is 0 Å². The van der Waals surface area contributed by atoms with Crippen LogP contribution in [0.2, 0.25) is 0 Å². The Labute approximate surface area is 110 Å². The number of hydrogen-bond acceptors (Lipinski definition) is 3. The van der Waals surface area contributed by atoms with E-state index < -0.39 is 0 Å². The van der Waals surface area contributed by atoms with Gasteiger partial charge in [-0.3, -0.25) is 4.98 Å². The van der Waals surface area contributed by atoms with Crippen LogP contribution < -0.4 is 0 Å². The minimum absolute atomic E-state index is 0.144. The van der Waals surface area contributed by atoms with Gasteiger partial charge in [0.2, 0.25) is 0 Å². The molecule has 1 aliphatic rings. The molecule has 1 fully saturated rings. The Morgan fingerprint density at radius 1 is 1.33 bits per heavy atom. The van der Waals surface area contributed by atoms with E-state index in [2.05, 4.69) is 29.1 Å². The second kappa shape index (κ2) is 6.86. The number of aliphatic hydroxyl groups excluding tert-OH is 1. The summed E-state index contributed by atoms with van der Waals surface area (Å²) >= 11 is 0. The van der Waals surface area contributed by atoms with Crippen LogP contribution in [-0.2, 0) is 6.42 Å². The highest BCUT2D eigenvalue weighted by Gasteiger charge is 2.23.